The molecule has 1 heterocycles. The van der Waals surface area contributed by atoms with Gasteiger partial charge < -0.3 is 10.1 Å². The number of rotatable bonds is 9. The third-order valence-corrected chi connectivity index (χ3v) is 8.54. The summed E-state index contributed by atoms with van der Waals surface area (Å²) in [5, 5.41) is 2.50. The Labute approximate surface area is 193 Å². The summed E-state index contributed by atoms with van der Waals surface area (Å²) >= 11 is 0. The molecule has 9 nitrogen and oxygen atoms in total. The lowest BCUT2D eigenvalue weighted by molar-refractivity contribution is -0.117. The maximum Gasteiger partial charge on any atom is 0.246 e. The normalized spacial score (nSPS) is 15.8. The van der Waals surface area contributed by atoms with Crippen molar-refractivity contribution in [2.45, 2.75) is 42.5 Å². The highest BCUT2D eigenvalue weighted by Crippen LogP contribution is 2.31. The Morgan fingerprint density at radius 1 is 1.09 bits per heavy atom. The van der Waals surface area contributed by atoms with E-state index >= 15 is 0 Å². The van der Waals surface area contributed by atoms with E-state index in [9.17, 15) is 26.0 Å². The highest BCUT2D eigenvalue weighted by Gasteiger charge is 2.31. The van der Waals surface area contributed by atoms with Crippen molar-refractivity contribution in [3.63, 3.8) is 0 Å². The molecule has 180 valence electrons. The number of hydrogen-bond donors (Lipinski definition) is 2. The molecule has 1 aliphatic rings. The fourth-order valence-electron chi connectivity index (χ4n) is 3.39. The van der Waals surface area contributed by atoms with Crippen LogP contribution in [0.4, 0.5) is 10.1 Å². The average Bonchev–Trinajstić information content (AvgIpc) is 3.30. The van der Waals surface area contributed by atoms with E-state index in [0.29, 0.717) is 13.1 Å². The van der Waals surface area contributed by atoms with Gasteiger partial charge in [0.15, 0.2) is 0 Å². The monoisotopic (exact) mass is 499 g/mol. The lowest BCUT2D eigenvalue weighted by atomic mass is 10.2. The molecule has 0 spiro atoms. The third-order valence-electron chi connectivity index (χ3n) is 5.05. The van der Waals surface area contributed by atoms with Gasteiger partial charge >= 0.3 is 0 Å². The van der Waals surface area contributed by atoms with Crippen LogP contribution in [-0.4, -0.2) is 52.8 Å². The van der Waals surface area contributed by atoms with E-state index in [1.807, 2.05) is 0 Å². The molecule has 0 saturated carbocycles. The van der Waals surface area contributed by atoms with Crippen molar-refractivity contribution >= 4 is 31.6 Å². The van der Waals surface area contributed by atoms with Gasteiger partial charge in [0.05, 0.1) is 12.6 Å². The lowest BCUT2D eigenvalue weighted by Gasteiger charge is -2.20. The maximum atomic E-state index is 13.9. The molecule has 0 unspecified atom stereocenters. The highest BCUT2D eigenvalue weighted by molar-refractivity contribution is 7.89. The van der Waals surface area contributed by atoms with Crippen LogP contribution in [0, 0.1) is 5.82 Å². The van der Waals surface area contributed by atoms with Gasteiger partial charge in [-0.3, -0.25) is 4.79 Å². The van der Waals surface area contributed by atoms with Crippen LogP contribution in [-0.2, 0) is 24.8 Å². The van der Waals surface area contributed by atoms with E-state index < -0.39 is 42.7 Å². The first-order valence-corrected chi connectivity index (χ1v) is 13.3. The SMILES string of the molecule is CCOc1ccc(NC(=O)[C@H](C)NS(=O)(=O)c2ccccc2F)cc1S(=O)(=O)N1CCCC1. The van der Waals surface area contributed by atoms with Crippen molar-refractivity contribution in [2.24, 2.45) is 0 Å². The van der Waals surface area contributed by atoms with Crippen LogP contribution in [0.1, 0.15) is 26.7 Å². The molecule has 0 aliphatic carbocycles. The summed E-state index contributed by atoms with van der Waals surface area (Å²) in [6.07, 6.45) is 1.53. The van der Waals surface area contributed by atoms with E-state index in [4.69, 9.17) is 4.74 Å². The highest BCUT2D eigenvalue weighted by atomic mass is 32.2. The fraction of sp³-hybridized carbons (Fsp3) is 0.381. The van der Waals surface area contributed by atoms with Crippen LogP contribution in [0.15, 0.2) is 52.3 Å². The quantitative estimate of drug-likeness (QED) is 0.546. The second kappa shape index (κ2) is 10.2. The minimum Gasteiger partial charge on any atom is -0.492 e. The van der Waals surface area contributed by atoms with Crippen molar-refractivity contribution in [1.82, 2.24) is 9.03 Å². The molecule has 2 N–H and O–H groups in total. The van der Waals surface area contributed by atoms with E-state index in [1.54, 1.807) is 6.92 Å². The zero-order valence-corrected chi connectivity index (χ0v) is 19.9. The van der Waals surface area contributed by atoms with Gasteiger partial charge in [-0.05, 0) is 57.0 Å². The zero-order valence-electron chi connectivity index (χ0n) is 18.2. The summed E-state index contributed by atoms with van der Waals surface area (Å²) in [5.74, 6) is -1.53. The molecule has 12 heteroatoms. The van der Waals surface area contributed by atoms with Crippen molar-refractivity contribution in [3.8, 4) is 5.75 Å². The Hall–Kier alpha value is -2.54. The van der Waals surface area contributed by atoms with Crippen molar-refractivity contribution in [2.75, 3.05) is 25.0 Å². The van der Waals surface area contributed by atoms with Crippen molar-refractivity contribution in [1.29, 1.82) is 0 Å². The standard InChI is InChI=1S/C21H26FN3O6S2/c1-3-31-18-11-10-16(14-20(18)33(29,30)25-12-6-7-13-25)23-21(26)15(2)24-32(27,28)19-9-5-4-8-17(19)22/h4-5,8-11,14-15,24H,3,6-7,12-13H2,1-2H3,(H,23,26)/t15-/m0/s1. The smallest absolute Gasteiger partial charge is 0.246 e. The molecular weight excluding hydrogens is 473 g/mol. The van der Waals surface area contributed by atoms with Crippen LogP contribution < -0.4 is 14.8 Å². The molecule has 0 aromatic heterocycles. The van der Waals surface area contributed by atoms with Crippen LogP contribution in [0.2, 0.25) is 0 Å². The van der Waals surface area contributed by atoms with Gasteiger partial charge in [0.1, 0.15) is 21.4 Å². The number of benzene rings is 2. The Morgan fingerprint density at radius 2 is 1.76 bits per heavy atom. The van der Waals surface area contributed by atoms with Crippen LogP contribution in [0.5, 0.6) is 5.75 Å². The number of anilines is 1. The number of nitrogens with zero attached hydrogens (tertiary/aromatic N) is 1. The summed E-state index contributed by atoms with van der Waals surface area (Å²) < 4.78 is 73.9. The number of carbonyl (C=O) groups excluding carboxylic acids is 1. The van der Waals surface area contributed by atoms with Gasteiger partial charge in [0.25, 0.3) is 0 Å². The summed E-state index contributed by atoms with van der Waals surface area (Å²) in [4.78, 5) is 12.0. The Bertz CT molecular complexity index is 1230. The van der Waals surface area contributed by atoms with Gasteiger partial charge in [0, 0.05) is 18.8 Å². The fourth-order valence-corrected chi connectivity index (χ4v) is 6.35. The summed E-state index contributed by atoms with van der Waals surface area (Å²) in [7, 11) is -8.13. The summed E-state index contributed by atoms with van der Waals surface area (Å²) in [5.41, 5.74) is 0.151. The largest absolute Gasteiger partial charge is 0.492 e. The van der Waals surface area contributed by atoms with Crippen LogP contribution in [0.25, 0.3) is 0 Å². The second-order valence-corrected chi connectivity index (χ2v) is 11.1. The maximum absolute atomic E-state index is 13.9. The number of halogens is 1. The molecule has 0 radical (unpaired) electrons. The summed E-state index contributed by atoms with van der Waals surface area (Å²) in [6.45, 7) is 4.08. The molecule has 2 aromatic rings. The Balaban J connectivity index is 1.81. The molecular formula is C21H26FN3O6S2. The predicted octanol–water partition coefficient (Wildman–Crippen LogP) is 2.31. The third kappa shape index (κ3) is 5.69. The van der Waals surface area contributed by atoms with Crippen LogP contribution >= 0.6 is 0 Å². The van der Waals surface area contributed by atoms with Gasteiger partial charge in [-0.2, -0.15) is 9.03 Å². The number of sulfonamides is 2. The molecule has 1 aliphatic heterocycles. The predicted molar refractivity (Wildman–Crippen MR) is 120 cm³/mol. The van der Waals surface area contributed by atoms with Crippen LogP contribution in [0.3, 0.4) is 0 Å². The van der Waals surface area contributed by atoms with Gasteiger partial charge in [-0.25, -0.2) is 21.2 Å². The number of carbonyl (C=O) groups is 1. The van der Waals surface area contributed by atoms with Gasteiger partial charge in [-0.1, -0.05) is 12.1 Å². The van der Waals surface area contributed by atoms with Gasteiger partial charge in [-0.15, -0.1) is 0 Å². The second-order valence-electron chi connectivity index (χ2n) is 7.47. The van der Waals surface area contributed by atoms with E-state index in [1.165, 1.54) is 41.6 Å². The Morgan fingerprint density at radius 3 is 2.39 bits per heavy atom. The molecule has 2 aromatic carbocycles. The molecule has 1 atom stereocenters. The van der Waals surface area contributed by atoms with Crippen molar-refractivity contribution in [3.05, 3.63) is 48.3 Å². The summed E-state index contributed by atoms with van der Waals surface area (Å²) in [6, 6.07) is 7.73. The first-order valence-electron chi connectivity index (χ1n) is 10.4. The molecule has 1 saturated heterocycles. The first-order chi connectivity index (χ1) is 15.6. The number of amides is 1. The lowest BCUT2D eigenvalue weighted by Crippen LogP contribution is -2.41. The van der Waals surface area contributed by atoms with Gasteiger partial charge in [0.2, 0.25) is 26.0 Å². The Kier molecular flexibility index (Phi) is 7.73. The number of hydrogen-bond acceptors (Lipinski definition) is 6. The minimum absolute atomic E-state index is 0.0800. The van der Waals surface area contributed by atoms with Crippen molar-refractivity contribution < 1.29 is 30.8 Å². The minimum atomic E-state index is -4.29. The first kappa shape index (κ1) is 25.1. The number of ether oxygens (including phenoxy) is 1. The van der Waals surface area contributed by atoms with E-state index in [0.717, 1.165) is 25.0 Å². The average molecular weight is 500 g/mol. The molecule has 1 amide bonds. The molecule has 33 heavy (non-hydrogen) atoms. The molecule has 0 bridgehead atoms. The zero-order chi connectivity index (χ0) is 24.2. The van der Waals surface area contributed by atoms with E-state index in [2.05, 4.69) is 10.0 Å². The molecule has 1 fully saturated rings. The number of nitrogens with one attached hydrogen (secondary N) is 2. The van der Waals surface area contributed by atoms with E-state index in [-0.39, 0.29) is 22.9 Å². The topological polar surface area (TPSA) is 122 Å². The molecule has 3 rings (SSSR count).